The van der Waals surface area contributed by atoms with E-state index in [9.17, 15) is 0 Å². The second kappa shape index (κ2) is 4.70. The van der Waals surface area contributed by atoms with Crippen LogP contribution < -0.4 is 0 Å². The van der Waals surface area contributed by atoms with E-state index in [2.05, 4.69) is 60.5 Å². The van der Waals surface area contributed by atoms with Gasteiger partial charge in [-0.05, 0) is 11.5 Å². The summed E-state index contributed by atoms with van der Waals surface area (Å²) in [5.74, 6) is 1.42. The van der Waals surface area contributed by atoms with E-state index in [0.29, 0.717) is 5.92 Å². The van der Waals surface area contributed by atoms with Gasteiger partial charge in [0.05, 0.1) is 0 Å². The highest BCUT2D eigenvalue weighted by Gasteiger charge is 2.10. The molecule has 1 heteroatoms. The van der Waals surface area contributed by atoms with E-state index in [1.165, 1.54) is 10.8 Å². The van der Waals surface area contributed by atoms with E-state index in [-0.39, 0.29) is 0 Å². The Hall–Kier alpha value is -0.248. The maximum atomic E-state index is 2.81. The molecular weight excluding hydrogens is 159 g/mol. The minimum Gasteiger partial charge on any atom is -0.115 e. The van der Waals surface area contributed by atoms with Gasteiger partial charge in [-0.25, -0.2) is 0 Å². The van der Waals surface area contributed by atoms with Gasteiger partial charge in [0.25, 0.3) is 0 Å². The van der Waals surface area contributed by atoms with Crippen LogP contribution in [0.2, 0.25) is 5.28 Å². The first kappa shape index (κ1) is 9.84. The van der Waals surface area contributed by atoms with Crippen LogP contribution in [0, 0.1) is 5.92 Å². The second-order valence-electron chi connectivity index (χ2n) is 3.41. The molecule has 1 rings (SSSR count). The molecule has 0 N–H and O–H groups in total. The van der Waals surface area contributed by atoms with Gasteiger partial charge in [0.1, 0.15) is 16.3 Å². The van der Waals surface area contributed by atoms with Crippen LogP contribution in [0.1, 0.15) is 25.3 Å². The van der Waals surface area contributed by atoms with Crippen LogP contribution in [0.25, 0.3) is 0 Å². The molecule has 0 spiro atoms. The second-order valence-corrected chi connectivity index (χ2v) is 3.88. The van der Waals surface area contributed by atoms with Gasteiger partial charge in [-0.2, -0.15) is 0 Å². The van der Waals surface area contributed by atoms with Gasteiger partial charge < -0.3 is 0 Å². The minimum atomic E-state index is 0.670. The standard InChI is InChI=1S/C11H15.Al/c1-9(2)10(3)11-7-5-4-6-8-11;/h4-10H,1H2,2-3H3;. The number of hydrogen-bond acceptors (Lipinski definition) is 0. The Kier molecular flexibility index (Phi) is 3.85. The fourth-order valence-corrected chi connectivity index (χ4v) is 1.70. The lowest BCUT2D eigenvalue weighted by Crippen LogP contribution is -2.05. The maximum Gasteiger partial charge on any atom is 0.118 e. The fraction of sp³-hybridized carbons (Fsp3) is 0.455. The summed E-state index contributed by atoms with van der Waals surface area (Å²) in [4.78, 5) is 0. The highest BCUT2D eigenvalue weighted by Crippen LogP contribution is 2.25. The van der Waals surface area contributed by atoms with Gasteiger partial charge in [0, 0.05) is 0 Å². The smallest absolute Gasteiger partial charge is 0.115 e. The molecule has 0 aromatic heterocycles. The molecule has 0 amide bonds. The molecule has 1 aromatic rings. The lowest BCUT2D eigenvalue weighted by Gasteiger charge is -2.18. The van der Waals surface area contributed by atoms with Crippen molar-refractivity contribution in [3.8, 4) is 0 Å². The van der Waals surface area contributed by atoms with Crippen LogP contribution in [0.15, 0.2) is 30.3 Å². The Balaban J connectivity index is 2.71. The third-order valence-corrected chi connectivity index (χ3v) is 3.29. The van der Waals surface area contributed by atoms with Crippen molar-refractivity contribution in [2.45, 2.75) is 25.0 Å². The predicted octanol–water partition coefficient (Wildman–Crippen LogP) is 3.01. The number of rotatable bonds is 3. The molecule has 0 saturated carbocycles. The van der Waals surface area contributed by atoms with Crippen molar-refractivity contribution in [2.24, 2.45) is 5.92 Å². The monoisotopic (exact) mass is 174 g/mol. The van der Waals surface area contributed by atoms with Crippen molar-refractivity contribution in [1.82, 2.24) is 0 Å². The van der Waals surface area contributed by atoms with Crippen molar-refractivity contribution < 1.29 is 0 Å². The SMILES string of the molecule is CC([CH2][Al])C(C)c1ccccc1. The van der Waals surface area contributed by atoms with Gasteiger partial charge in [-0.15, -0.1) is 5.28 Å². The molecule has 2 atom stereocenters. The van der Waals surface area contributed by atoms with E-state index in [1.807, 2.05) is 0 Å². The van der Waals surface area contributed by atoms with Gasteiger partial charge in [-0.3, -0.25) is 0 Å². The van der Waals surface area contributed by atoms with Crippen LogP contribution in [0.5, 0.6) is 0 Å². The summed E-state index contributed by atoms with van der Waals surface area (Å²) in [7, 11) is 0. The summed E-state index contributed by atoms with van der Waals surface area (Å²) < 4.78 is 0. The molecule has 0 nitrogen and oxygen atoms in total. The molecule has 0 bridgehead atoms. The van der Waals surface area contributed by atoms with Crippen LogP contribution in [-0.4, -0.2) is 16.3 Å². The molecule has 12 heavy (non-hydrogen) atoms. The summed E-state index contributed by atoms with van der Waals surface area (Å²) in [6.07, 6.45) is 0. The summed E-state index contributed by atoms with van der Waals surface area (Å²) in [6.45, 7) is 4.59. The van der Waals surface area contributed by atoms with Crippen LogP contribution in [0.3, 0.4) is 0 Å². The Bertz CT molecular complexity index is 218. The molecule has 1 aromatic carbocycles. The Morgan fingerprint density at radius 3 is 2.25 bits per heavy atom. The highest BCUT2D eigenvalue weighted by atomic mass is 27.0. The maximum absolute atomic E-state index is 2.81. The average molecular weight is 174 g/mol. The third kappa shape index (κ3) is 2.37. The molecule has 2 unspecified atom stereocenters. The average Bonchev–Trinajstić information content (AvgIpc) is 2.17. The van der Waals surface area contributed by atoms with Gasteiger partial charge >= 0.3 is 0 Å². The Labute approximate surface area is 83.4 Å². The molecule has 0 fully saturated rings. The Morgan fingerprint density at radius 1 is 1.17 bits per heavy atom. The molecule has 0 aliphatic heterocycles. The summed E-state index contributed by atoms with van der Waals surface area (Å²) in [6, 6.07) is 10.7. The molecule has 0 aliphatic rings. The minimum absolute atomic E-state index is 0.670. The van der Waals surface area contributed by atoms with Crippen LogP contribution in [0.4, 0.5) is 0 Å². The van der Waals surface area contributed by atoms with E-state index in [4.69, 9.17) is 0 Å². The third-order valence-electron chi connectivity index (χ3n) is 2.55. The topological polar surface area (TPSA) is 0 Å². The van der Waals surface area contributed by atoms with Gasteiger partial charge in [0.2, 0.25) is 0 Å². The van der Waals surface area contributed by atoms with E-state index in [0.717, 1.165) is 5.92 Å². The predicted molar refractivity (Wildman–Crippen MR) is 54.6 cm³/mol. The van der Waals surface area contributed by atoms with Crippen molar-refractivity contribution in [3.63, 3.8) is 0 Å². The molecular formula is C11H15Al. The van der Waals surface area contributed by atoms with E-state index < -0.39 is 0 Å². The number of hydrogen-bond donors (Lipinski definition) is 0. The largest absolute Gasteiger partial charge is 0.118 e. The zero-order valence-electron chi connectivity index (χ0n) is 7.83. The first-order chi connectivity index (χ1) is 5.75. The normalized spacial score (nSPS) is 15.5. The molecule has 0 saturated heterocycles. The fourth-order valence-electron chi connectivity index (χ4n) is 1.29. The van der Waals surface area contributed by atoms with Gasteiger partial charge in [-0.1, -0.05) is 50.1 Å². The van der Waals surface area contributed by atoms with E-state index >= 15 is 0 Å². The highest BCUT2D eigenvalue weighted by molar-refractivity contribution is 6.08. The summed E-state index contributed by atoms with van der Waals surface area (Å²) >= 11 is 2.81. The van der Waals surface area contributed by atoms with Crippen LogP contribution >= 0.6 is 0 Å². The van der Waals surface area contributed by atoms with Crippen molar-refractivity contribution >= 4 is 16.3 Å². The number of benzene rings is 1. The quantitative estimate of drug-likeness (QED) is 0.618. The van der Waals surface area contributed by atoms with Crippen molar-refractivity contribution in [3.05, 3.63) is 35.9 Å². The van der Waals surface area contributed by atoms with E-state index in [1.54, 1.807) is 0 Å². The lowest BCUT2D eigenvalue weighted by atomic mass is 9.90. The first-order valence-corrected chi connectivity index (χ1v) is 5.32. The summed E-state index contributed by atoms with van der Waals surface area (Å²) in [5, 5.41) is 1.18. The zero-order chi connectivity index (χ0) is 8.97. The zero-order valence-corrected chi connectivity index (χ0v) is 8.98. The van der Waals surface area contributed by atoms with Crippen molar-refractivity contribution in [1.29, 1.82) is 0 Å². The van der Waals surface area contributed by atoms with Crippen molar-refractivity contribution in [2.75, 3.05) is 0 Å². The summed E-state index contributed by atoms with van der Waals surface area (Å²) in [5.41, 5.74) is 1.45. The Morgan fingerprint density at radius 2 is 1.75 bits per heavy atom. The van der Waals surface area contributed by atoms with Gasteiger partial charge in [0.15, 0.2) is 0 Å². The lowest BCUT2D eigenvalue weighted by molar-refractivity contribution is 0.535. The first-order valence-electron chi connectivity index (χ1n) is 4.50. The van der Waals surface area contributed by atoms with Crippen LogP contribution in [-0.2, 0) is 0 Å². The molecule has 0 heterocycles. The molecule has 2 radical (unpaired) electrons. The molecule has 62 valence electrons. The molecule has 0 aliphatic carbocycles.